The Labute approximate surface area is 412 Å². The number of hydrogen-bond acceptors (Lipinski definition) is 15. The molecule has 5 unspecified atom stereocenters. The number of imide groups is 1. The Morgan fingerprint density at radius 3 is 2.07 bits per heavy atom. The van der Waals surface area contributed by atoms with Crippen LogP contribution >= 0.6 is 33.3 Å². The van der Waals surface area contributed by atoms with E-state index in [0.29, 0.717) is 67.3 Å². The molecule has 7 N–H and O–H groups in total. The van der Waals surface area contributed by atoms with Crippen LogP contribution < -0.4 is 31.9 Å². The van der Waals surface area contributed by atoms with E-state index in [2.05, 4.69) is 31.9 Å². The fourth-order valence-electron chi connectivity index (χ4n) is 7.65. The Bertz CT molecular complexity index is 2260. The van der Waals surface area contributed by atoms with E-state index in [1.165, 1.54) is 33.7 Å². The zero-order chi connectivity index (χ0) is 49.8. The Kier molecular flexibility index (Phi) is 22.1. The molecule has 3 aliphatic heterocycles. The minimum Gasteiger partial charge on any atom is -0.356 e. The molecule has 0 bridgehead atoms. The minimum absolute atomic E-state index is 0.0135. The van der Waals surface area contributed by atoms with Crippen LogP contribution in [0.3, 0.4) is 0 Å². The predicted molar refractivity (Wildman–Crippen MR) is 260 cm³/mol. The number of benzene rings is 2. The van der Waals surface area contributed by atoms with Crippen molar-refractivity contribution in [3.63, 3.8) is 0 Å². The van der Waals surface area contributed by atoms with Crippen molar-refractivity contribution >= 4 is 96.7 Å². The molecular formula is C45H59N7O13S4. The summed E-state index contributed by atoms with van der Waals surface area (Å²) in [6.07, 6.45) is 5.88. The lowest BCUT2D eigenvalue weighted by atomic mass is 10.0. The van der Waals surface area contributed by atoms with Gasteiger partial charge in [-0.15, -0.1) is 5.06 Å². The first-order valence-electron chi connectivity index (χ1n) is 22.9. The summed E-state index contributed by atoms with van der Waals surface area (Å²) in [7, 11) is -2.30. The fourth-order valence-corrected chi connectivity index (χ4v) is 11.8. The second kappa shape index (κ2) is 27.9. The highest BCUT2D eigenvalue weighted by Gasteiger charge is 2.48. The highest BCUT2D eigenvalue weighted by atomic mass is 33.1. The molecule has 2 aromatic rings. The SMILES string of the molecule is O=C(CCCCCNC(=O)CCCCC1SCC2NC(=O)NC21)NCCCCC(NC(=O)c1ccc(C(=O)c2ccccc2)cc1)C(=O)NCCSSCCC(=O)ON1C(=O)CC(S(=O)(=O)O)C1=O. The molecule has 24 heteroatoms. The van der Waals surface area contributed by atoms with Crippen molar-refractivity contribution < 1.29 is 61.0 Å². The summed E-state index contributed by atoms with van der Waals surface area (Å²) in [6, 6.07) is 14.2. The van der Waals surface area contributed by atoms with Crippen molar-refractivity contribution in [2.24, 2.45) is 0 Å². The molecular weight excluding hydrogens is 975 g/mol. The fraction of sp³-hybridized carbons (Fsp3) is 0.533. The number of amides is 8. The van der Waals surface area contributed by atoms with E-state index in [1.807, 2.05) is 11.8 Å². The molecule has 69 heavy (non-hydrogen) atoms. The summed E-state index contributed by atoms with van der Waals surface area (Å²) in [6.45, 7) is 1.11. The molecule has 8 amide bonds. The van der Waals surface area contributed by atoms with Crippen molar-refractivity contribution in [3.05, 3.63) is 71.3 Å². The molecule has 376 valence electrons. The molecule has 5 atom stereocenters. The van der Waals surface area contributed by atoms with Gasteiger partial charge >= 0.3 is 12.0 Å². The van der Waals surface area contributed by atoms with Crippen LogP contribution in [-0.4, -0.2) is 137 Å². The number of nitrogens with zero attached hydrogens (tertiary/aromatic N) is 1. The van der Waals surface area contributed by atoms with Crippen molar-refractivity contribution in [2.75, 3.05) is 36.9 Å². The minimum atomic E-state index is -4.85. The summed E-state index contributed by atoms with van der Waals surface area (Å²) in [5, 5.41) is 15.8. The smallest absolute Gasteiger partial charge is 0.334 e. The van der Waals surface area contributed by atoms with Crippen LogP contribution in [0.15, 0.2) is 54.6 Å². The quantitative estimate of drug-likeness (QED) is 0.0148. The van der Waals surface area contributed by atoms with E-state index in [9.17, 15) is 51.6 Å². The molecule has 3 saturated heterocycles. The first kappa shape index (κ1) is 54.8. The van der Waals surface area contributed by atoms with Crippen molar-refractivity contribution in [3.8, 4) is 0 Å². The zero-order valence-electron chi connectivity index (χ0n) is 37.9. The van der Waals surface area contributed by atoms with Gasteiger partial charge in [-0.25, -0.2) is 9.59 Å². The number of hydrogen-bond donors (Lipinski definition) is 7. The maximum atomic E-state index is 13.4. The van der Waals surface area contributed by atoms with Gasteiger partial charge in [-0.05, 0) is 57.1 Å². The summed E-state index contributed by atoms with van der Waals surface area (Å²) < 4.78 is 31.7. The van der Waals surface area contributed by atoms with Crippen LogP contribution in [-0.2, 0) is 43.7 Å². The lowest BCUT2D eigenvalue weighted by Gasteiger charge is -2.19. The molecule has 3 fully saturated rings. The van der Waals surface area contributed by atoms with E-state index >= 15 is 0 Å². The van der Waals surface area contributed by atoms with Gasteiger partial charge in [0.15, 0.2) is 11.0 Å². The van der Waals surface area contributed by atoms with Crippen LogP contribution in [0.2, 0.25) is 0 Å². The van der Waals surface area contributed by atoms with Crippen LogP contribution in [0.25, 0.3) is 0 Å². The molecule has 0 aliphatic carbocycles. The van der Waals surface area contributed by atoms with E-state index in [1.54, 1.807) is 42.5 Å². The number of urea groups is 1. The van der Waals surface area contributed by atoms with Crippen molar-refractivity contribution in [1.29, 1.82) is 0 Å². The molecule has 2 aromatic carbocycles. The second-order valence-corrected chi connectivity index (χ2v) is 22.1. The molecule has 3 heterocycles. The highest BCUT2D eigenvalue weighted by molar-refractivity contribution is 8.76. The Hall–Kier alpha value is -5.17. The maximum Gasteiger partial charge on any atom is 0.334 e. The standard InChI is InChI=1S/C45H59N7O13S4/c53-36(15-5-2-9-22-46-37(54)16-7-6-14-34-40-33(28-66-34)50-45(61)51-40)47-23-10-8-13-32(49-42(58)31-19-17-30(18-20-31)41(57)29-11-3-1-4-12-29)43(59)48-24-26-68-67-25-21-39(56)65-52-38(55)27-35(44(52)60)69(62,63)64/h1,3-4,11-12,17-20,32-35,40H,2,5-10,13-16,21-28H2,(H,46,54)(H,47,53)(H,48,59)(H,49,58)(H2,50,51,61)(H,62,63,64). The predicted octanol–water partition coefficient (Wildman–Crippen LogP) is 3.07. The Morgan fingerprint density at radius 2 is 1.39 bits per heavy atom. The monoisotopic (exact) mass is 1030 g/mol. The average Bonchev–Trinajstić information content (AvgIpc) is 3.98. The third kappa shape index (κ3) is 17.9. The van der Waals surface area contributed by atoms with Gasteiger partial charge in [-0.1, -0.05) is 76.9 Å². The Morgan fingerprint density at radius 1 is 0.754 bits per heavy atom. The van der Waals surface area contributed by atoms with E-state index in [4.69, 9.17) is 9.39 Å². The summed E-state index contributed by atoms with van der Waals surface area (Å²) in [4.78, 5) is 117. The molecule has 20 nitrogen and oxygen atoms in total. The average molecular weight is 1030 g/mol. The van der Waals surface area contributed by atoms with E-state index in [-0.39, 0.29) is 71.5 Å². The van der Waals surface area contributed by atoms with Gasteiger partial charge in [0.25, 0.3) is 27.8 Å². The third-order valence-corrected chi connectivity index (χ3v) is 16.4. The van der Waals surface area contributed by atoms with Gasteiger partial charge in [0.1, 0.15) is 6.04 Å². The number of rotatable bonds is 30. The number of unbranched alkanes of at least 4 members (excludes halogenated alkanes) is 4. The lowest BCUT2D eigenvalue weighted by molar-refractivity contribution is -0.197. The summed E-state index contributed by atoms with van der Waals surface area (Å²) in [5.74, 6) is -3.13. The van der Waals surface area contributed by atoms with E-state index in [0.717, 1.165) is 37.9 Å². The van der Waals surface area contributed by atoms with Crippen LogP contribution in [0.4, 0.5) is 4.79 Å². The number of thioether (sulfide) groups is 1. The largest absolute Gasteiger partial charge is 0.356 e. The number of carbonyl (C=O) groups is 9. The van der Waals surface area contributed by atoms with Crippen molar-refractivity contribution in [1.82, 2.24) is 37.0 Å². The van der Waals surface area contributed by atoms with Gasteiger partial charge < -0.3 is 36.7 Å². The van der Waals surface area contributed by atoms with Crippen LogP contribution in [0.5, 0.6) is 0 Å². The Balaban J connectivity index is 0.959. The lowest BCUT2D eigenvalue weighted by Crippen LogP contribution is -2.47. The van der Waals surface area contributed by atoms with Gasteiger partial charge in [0.05, 0.1) is 24.9 Å². The van der Waals surface area contributed by atoms with Gasteiger partial charge in [-0.2, -0.15) is 20.2 Å². The normalized spacial score (nSPS) is 19.0. The number of hydroxylamine groups is 2. The molecule has 0 aromatic heterocycles. The summed E-state index contributed by atoms with van der Waals surface area (Å²) in [5.41, 5.74) is 1.14. The number of ketones is 1. The van der Waals surface area contributed by atoms with Gasteiger partial charge in [-0.3, -0.25) is 38.1 Å². The van der Waals surface area contributed by atoms with Crippen molar-refractivity contribution in [2.45, 2.75) is 112 Å². The first-order valence-corrected chi connectivity index (χ1v) is 27.9. The highest BCUT2D eigenvalue weighted by Crippen LogP contribution is 2.33. The van der Waals surface area contributed by atoms with E-state index < -0.39 is 57.4 Å². The molecule has 0 spiro atoms. The topological polar surface area (TPSA) is 293 Å². The molecule has 5 rings (SSSR count). The van der Waals surface area contributed by atoms with Crippen LogP contribution in [0.1, 0.15) is 110 Å². The van der Waals surface area contributed by atoms with Crippen LogP contribution in [0, 0.1) is 0 Å². The molecule has 3 aliphatic rings. The summed E-state index contributed by atoms with van der Waals surface area (Å²) >= 11 is 1.87. The zero-order valence-corrected chi connectivity index (χ0v) is 41.2. The third-order valence-electron chi connectivity index (χ3n) is 11.4. The number of nitrogens with one attached hydrogen (secondary N) is 6. The number of carbonyl (C=O) groups excluding carboxylic acids is 9. The molecule has 0 saturated carbocycles. The van der Waals surface area contributed by atoms with Gasteiger partial charge in [0, 0.05) is 71.7 Å². The molecule has 0 radical (unpaired) electrons. The van der Waals surface area contributed by atoms with Gasteiger partial charge in [0.2, 0.25) is 17.7 Å². The maximum absolute atomic E-state index is 13.4. The second-order valence-electron chi connectivity index (χ2n) is 16.6. The first-order chi connectivity index (χ1) is 33.1. The number of fused-ring (bicyclic) bond motifs is 1.